The van der Waals surface area contributed by atoms with E-state index in [2.05, 4.69) is 40.4 Å². The van der Waals surface area contributed by atoms with Crippen LogP contribution in [0.15, 0.2) is 0 Å². The third kappa shape index (κ3) is 2.48. The molecule has 0 N–H and O–H groups in total. The van der Waals surface area contributed by atoms with Crippen molar-refractivity contribution in [3.05, 3.63) is 0 Å². The van der Waals surface area contributed by atoms with Gasteiger partial charge < -0.3 is 9.16 Å². The average Bonchev–Trinajstić information content (AvgIpc) is 2.75. The highest BCUT2D eigenvalue weighted by molar-refractivity contribution is 6.69. The van der Waals surface area contributed by atoms with Crippen LogP contribution in [0.2, 0.25) is 19.6 Å². The van der Waals surface area contributed by atoms with Crippen molar-refractivity contribution < 1.29 is 14.0 Å². The molecule has 1 rings (SSSR count). The Morgan fingerprint density at radius 1 is 1.31 bits per heavy atom. The molecule has 2 atom stereocenters. The molecule has 3 nitrogen and oxygen atoms in total. The molecule has 0 spiro atoms. The lowest BCUT2D eigenvalue weighted by Crippen LogP contribution is -2.43. The zero-order chi connectivity index (χ0) is 12.8. The summed E-state index contributed by atoms with van der Waals surface area (Å²) < 4.78 is 11.1. The minimum atomic E-state index is -1.65. The fraction of sp³-hybridized carbons (Fsp3) is 0.917. The van der Waals surface area contributed by atoms with Crippen LogP contribution in [0.5, 0.6) is 0 Å². The molecular weight excluding hydrogens is 220 g/mol. The van der Waals surface area contributed by atoms with Crippen LogP contribution in [-0.2, 0) is 14.0 Å². The minimum Gasteiger partial charge on any atom is -0.469 e. The Bertz CT molecular complexity index is 288. The number of ether oxygens (including phenoxy) is 1. The van der Waals surface area contributed by atoms with Gasteiger partial charge in [0.25, 0.3) is 0 Å². The first-order chi connectivity index (χ1) is 7.03. The number of carbonyl (C=O) groups excluding carboxylic acids is 1. The van der Waals surface area contributed by atoms with Crippen LogP contribution < -0.4 is 0 Å². The van der Waals surface area contributed by atoms with E-state index in [0.717, 1.165) is 6.42 Å². The largest absolute Gasteiger partial charge is 0.469 e. The monoisotopic (exact) mass is 244 g/mol. The molecule has 0 amide bonds. The summed E-state index contributed by atoms with van der Waals surface area (Å²) in [6.07, 6.45) is 0.799. The summed E-state index contributed by atoms with van der Waals surface area (Å²) in [4.78, 5) is 11.6. The summed E-state index contributed by atoms with van der Waals surface area (Å²) >= 11 is 0. The van der Waals surface area contributed by atoms with Gasteiger partial charge in [0.05, 0.1) is 18.6 Å². The zero-order valence-electron chi connectivity index (χ0n) is 11.5. The third-order valence-corrected chi connectivity index (χ3v) is 4.13. The van der Waals surface area contributed by atoms with E-state index >= 15 is 0 Å². The maximum Gasteiger partial charge on any atom is 0.311 e. The number of methoxy groups -OCH3 is 1. The van der Waals surface area contributed by atoms with Gasteiger partial charge in [0.15, 0.2) is 8.32 Å². The van der Waals surface area contributed by atoms with Crippen molar-refractivity contribution in [3.8, 4) is 0 Å². The lowest BCUT2D eigenvalue weighted by Gasteiger charge is -2.37. The summed E-state index contributed by atoms with van der Waals surface area (Å²) in [5.41, 5.74) is -0.323. The fourth-order valence-corrected chi connectivity index (χ4v) is 3.93. The number of carbonyl (C=O) groups is 1. The van der Waals surface area contributed by atoms with Gasteiger partial charge in [-0.15, -0.1) is 0 Å². The van der Waals surface area contributed by atoms with Gasteiger partial charge in [-0.1, -0.05) is 20.8 Å². The maximum absolute atomic E-state index is 11.6. The van der Waals surface area contributed by atoms with Crippen molar-refractivity contribution in [1.82, 2.24) is 0 Å². The number of hydrogen-bond donors (Lipinski definition) is 0. The Kier molecular flexibility index (Phi) is 3.29. The summed E-state index contributed by atoms with van der Waals surface area (Å²) in [5, 5.41) is 0. The molecular formula is C12H24O3Si. The zero-order valence-corrected chi connectivity index (χ0v) is 12.5. The van der Waals surface area contributed by atoms with Gasteiger partial charge in [-0.3, -0.25) is 4.79 Å². The van der Waals surface area contributed by atoms with E-state index in [4.69, 9.17) is 9.16 Å². The Hall–Kier alpha value is -0.353. The molecule has 0 aromatic rings. The van der Waals surface area contributed by atoms with Gasteiger partial charge in [0.2, 0.25) is 0 Å². The summed E-state index contributed by atoms with van der Waals surface area (Å²) in [6.45, 7) is 12.9. The second-order valence-electron chi connectivity index (χ2n) is 6.63. The average molecular weight is 244 g/mol. The molecule has 1 aliphatic rings. The lowest BCUT2D eigenvalue weighted by atomic mass is 9.85. The van der Waals surface area contributed by atoms with Crippen LogP contribution in [0, 0.1) is 11.3 Å². The van der Waals surface area contributed by atoms with E-state index < -0.39 is 8.32 Å². The number of esters is 1. The molecule has 0 aliphatic heterocycles. The van der Waals surface area contributed by atoms with Crippen molar-refractivity contribution in [3.63, 3.8) is 0 Å². The predicted octanol–water partition coefficient (Wildman–Crippen LogP) is 2.82. The number of rotatable bonds is 3. The molecule has 4 heteroatoms. The summed E-state index contributed by atoms with van der Waals surface area (Å²) in [6, 6.07) is 0. The van der Waals surface area contributed by atoms with E-state index in [1.165, 1.54) is 7.11 Å². The highest BCUT2D eigenvalue weighted by atomic mass is 28.4. The second-order valence-corrected chi connectivity index (χ2v) is 11.1. The van der Waals surface area contributed by atoms with Crippen molar-refractivity contribution in [1.29, 1.82) is 0 Å². The fourth-order valence-electron chi connectivity index (χ4n) is 2.30. The molecule has 0 bridgehead atoms. The van der Waals surface area contributed by atoms with Gasteiger partial charge in [-0.25, -0.2) is 0 Å². The van der Waals surface area contributed by atoms with Crippen molar-refractivity contribution in [2.24, 2.45) is 11.3 Å². The highest BCUT2D eigenvalue weighted by Crippen LogP contribution is 2.59. The molecule has 1 fully saturated rings. The minimum absolute atomic E-state index is 0.0217. The molecule has 0 radical (unpaired) electrons. The summed E-state index contributed by atoms with van der Waals surface area (Å²) in [5.74, 6) is -0.211. The molecule has 0 aromatic carbocycles. The standard InChI is InChI=1S/C12H24O3Si/c1-11(2,3)12(15-16(5,6)7)8-9(12)10(13)14-4/h9H,8H2,1-7H3. The SMILES string of the molecule is COC(=O)C1CC1(O[Si](C)(C)C)C(C)(C)C. The highest BCUT2D eigenvalue weighted by Gasteiger charge is 2.67. The normalized spacial score (nSPS) is 30.1. The molecule has 1 saturated carbocycles. The van der Waals surface area contributed by atoms with Gasteiger partial charge in [-0.2, -0.15) is 0 Å². The van der Waals surface area contributed by atoms with E-state index in [1.54, 1.807) is 0 Å². The van der Waals surface area contributed by atoms with E-state index in [1.807, 2.05) is 0 Å². The quantitative estimate of drug-likeness (QED) is 0.566. The Balaban J connectivity index is 2.89. The van der Waals surface area contributed by atoms with Gasteiger partial charge in [0, 0.05) is 0 Å². The molecule has 2 unspecified atom stereocenters. The molecule has 16 heavy (non-hydrogen) atoms. The van der Waals surface area contributed by atoms with E-state index in [0.29, 0.717) is 0 Å². The first kappa shape index (κ1) is 13.7. The van der Waals surface area contributed by atoms with Crippen LogP contribution in [-0.4, -0.2) is 27.0 Å². The molecule has 0 aromatic heterocycles. The molecule has 0 heterocycles. The van der Waals surface area contributed by atoms with Crippen molar-refractivity contribution in [2.75, 3.05) is 7.11 Å². The van der Waals surface area contributed by atoms with Crippen molar-refractivity contribution >= 4 is 14.3 Å². The Morgan fingerprint density at radius 3 is 2.12 bits per heavy atom. The lowest BCUT2D eigenvalue weighted by molar-refractivity contribution is -0.145. The third-order valence-electron chi connectivity index (χ3n) is 3.15. The van der Waals surface area contributed by atoms with Gasteiger partial charge >= 0.3 is 5.97 Å². The first-order valence-corrected chi connectivity index (χ1v) is 9.22. The smallest absolute Gasteiger partial charge is 0.311 e. The van der Waals surface area contributed by atoms with Crippen LogP contribution in [0.4, 0.5) is 0 Å². The van der Waals surface area contributed by atoms with Crippen LogP contribution in [0.3, 0.4) is 0 Å². The van der Waals surface area contributed by atoms with E-state index in [-0.39, 0.29) is 22.9 Å². The Labute approximate surface area is 99.6 Å². The topological polar surface area (TPSA) is 35.5 Å². The van der Waals surface area contributed by atoms with Crippen molar-refractivity contribution in [2.45, 2.75) is 52.4 Å². The van der Waals surface area contributed by atoms with Crippen LogP contribution in [0.25, 0.3) is 0 Å². The molecule has 1 aliphatic carbocycles. The van der Waals surface area contributed by atoms with Gasteiger partial charge in [-0.05, 0) is 31.5 Å². The second kappa shape index (κ2) is 3.84. The molecule has 0 saturated heterocycles. The Morgan fingerprint density at radius 2 is 1.81 bits per heavy atom. The van der Waals surface area contributed by atoms with Crippen LogP contribution >= 0.6 is 0 Å². The molecule has 94 valence electrons. The predicted molar refractivity (Wildman–Crippen MR) is 66.7 cm³/mol. The van der Waals surface area contributed by atoms with Crippen LogP contribution in [0.1, 0.15) is 27.2 Å². The summed E-state index contributed by atoms with van der Waals surface area (Å²) in [7, 11) is -0.201. The maximum atomic E-state index is 11.6. The first-order valence-electron chi connectivity index (χ1n) is 5.81. The van der Waals surface area contributed by atoms with E-state index in [9.17, 15) is 4.79 Å². The van der Waals surface area contributed by atoms with Gasteiger partial charge in [0.1, 0.15) is 0 Å². The number of hydrogen-bond acceptors (Lipinski definition) is 3.